The Kier molecular flexibility index (Phi) is 3.36. The van der Waals surface area contributed by atoms with Crippen LogP contribution in [0.4, 0.5) is 5.69 Å². The van der Waals surface area contributed by atoms with Gasteiger partial charge in [-0.25, -0.2) is 0 Å². The second-order valence-electron chi connectivity index (χ2n) is 4.96. The zero-order valence-electron chi connectivity index (χ0n) is 10.7. The summed E-state index contributed by atoms with van der Waals surface area (Å²) in [6.45, 7) is 6.17. The maximum atomic E-state index is 12.4. The number of amides is 1. The van der Waals surface area contributed by atoms with Gasteiger partial charge in [0.2, 0.25) is 0 Å². The Labute approximate surface area is 103 Å². The van der Waals surface area contributed by atoms with Gasteiger partial charge in [0, 0.05) is 25.8 Å². The number of benzene rings is 1. The molecule has 1 fully saturated rings. The molecule has 1 aromatic carbocycles. The van der Waals surface area contributed by atoms with Crippen molar-refractivity contribution in [3.05, 3.63) is 29.8 Å². The van der Waals surface area contributed by atoms with Gasteiger partial charge in [-0.1, -0.05) is 26.0 Å². The molecule has 2 atom stereocenters. The van der Waals surface area contributed by atoms with Crippen LogP contribution in [0.25, 0.3) is 0 Å². The van der Waals surface area contributed by atoms with E-state index in [2.05, 4.69) is 19.2 Å². The minimum absolute atomic E-state index is 0.145. The molecule has 0 aromatic heterocycles. The molecule has 1 N–H and O–H groups in total. The molecule has 3 heteroatoms. The highest BCUT2D eigenvalue weighted by atomic mass is 16.2. The van der Waals surface area contributed by atoms with E-state index in [0.29, 0.717) is 11.8 Å². The zero-order chi connectivity index (χ0) is 12.4. The maximum absolute atomic E-state index is 12.4. The van der Waals surface area contributed by atoms with Gasteiger partial charge in [0.15, 0.2) is 0 Å². The first-order valence-electron chi connectivity index (χ1n) is 6.19. The Morgan fingerprint density at radius 1 is 1.24 bits per heavy atom. The average molecular weight is 232 g/mol. The van der Waals surface area contributed by atoms with E-state index in [1.807, 2.05) is 36.2 Å². The first-order valence-corrected chi connectivity index (χ1v) is 6.19. The number of nitrogens with zero attached hydrogens (tertiary/aromatic N) is 1. The van der Waals surface area contributed by atoms with Crippen LogP contribution >= 0.6 is 0 Å². The molecule has 0 bridgehead atoms. The zero-order valence-corrected chi connectivity index (χ0v) is 10.7. The second-order valence-corrected chi connectivity index (χ2v) is 4.96. The Morgan fingerprint density at radius 3 is 2.41 bits per heavy atom. The summed E-state index contributed by atoms with van der Waals surface area (Å²) in [6, 6.07) is 7.69. The van der Waals surface area contributed by atoms with Crippen molar-refractivity contribution in [2.75, 3.05) is 25.5 Å². The molecule has 1 amide bonds. The molecular weight excluding hydrogens is 212 g/mol. The fourth-order valence-electron chi connectivity index (χ4n) is 2.35. The van der Waals surface area contributed by atoms with Crippen molar-refractivity contribution in [2.24, 2.45) is 11.8 Å². The number of carbonyl (C=O) groups is 1. The number of likely N-dealkylation sites (tertiary alicyclic amines) is 1. The summed E-state index contributed by atoms with van der Waals surface area (Å²) in [4.78, 5) is 14.4. The minimum Gasteiger partial charge on any atom is -0.387 e. The number of anilines is 1. The Balaban J connectivity index is 2.20. The monoisotopic (exact) mass is 232 g/mol. The summed E-state index contributed by atoms with van der Waals surface area (Å²) in [5, 5.41) is 3.07. The van der Waals surface area contributed by atoms with E-state index >= 15 is 0 Å². The highest BCUT2D eigenvalue weighted by Crippen LogP contribution is 2.25. The van der Waals surface area contributed by atoms with Crippen LogP contribution in [0.2, 0.25) is 0 Å². The van der Waals surface area contributed by atoms with Crippen LogP contribution < -0.4 is 5.32 Å². The van der Waals surface area contributed by atoms with E-state index in [0.717, 1.165) is 24.3 Å². The van der Waals surface area contributed by atoms with E-state index in [4.69, 9.17) is 0 Å². The van der Waals surface area contributed by atoms with Crippen LogP contribution in [-0.2, 0) is 0 Å². The molecule has 1 aromatic rings. The lowest BCUT2D eigenvalue weighted by Crippen LogP contribution is -2.29. The first kappa shape index (κ1) is 12.0. The van der Waals surface area contributed by atoms with E-state index in [9.17, 15) is 4.79 Å². The number of nitrogens with one attached hydrogen (secondary N) is 1. The van der Waals surface area contributed by atoms with E-state index < -0.39 is 0 Å². The molecule has 0 saturated carbocycles. The van der Waals surface area contributed by atoms with Crippen molar-refractivity contribution in [1.82, 2.24) is 4.90 Å². The second kappa shape index (κ2) is 4.78. The molecule has 2 unspecified atom stereocenters. The van der Waals surface area contributed by atoms with Crippen LogP contribution in [0.5, 0.6) is 0 Å². The van der Waals surface area contributed by atoms with Crippen LogP contribution in [-0.4, -0.2) is 30.9 Å². The average Bonchev–Trinajstić information content (AvgIpc) is 2.68. The SMILES string of the molecule is CNc1ccccc1C(=O)N1CC(C)C(C)C1. The largest absolute Gasteiger partial charge is 0.387 e. The van der Waals surface area contributed by atoms with Crippen molar-refractivity contribution in [3.63, 3.8) is 0 Å². The van der Waals surface area contributed by atoms with E-state index in [1.165, 1.54) is 0 Å². The lowest BCUT2D eigenvalue weighted by atomic mass is 10.0. The lowest BCUT2D eigenvalue weighted by molar-refractivity contribution is 0.0786. The lowest BCUT2D eigenvalue weighted by Gasteiger charge is -2.18. The third-order valence-electron chi connectivity index (χ3n) is 3.70. The third-order valence-corrected chi connectivity index (χ3v) is 3.70. The summed E-state index contributed by atoms with van der Waals surface area (Å²) in [7, 11) is 1.85. The highest BCUT2D eigenvalue weighted by Gasteiger charge is 2.30. The summed E-state index contributed by atoms with van der Waals surface area (Å²) in [5.74, 6) is 1.34. The smallest absolute Gasteiger partial charge is 0.255 e. The van der Waals surface area contributed by atoms with E-state index in [1.54, 1.807) is 0 Å². The summed E-state index contributed by atoms with van der Waals surface area (Å²) >= 11 is 0. The normalized spacial score (nSPS) is 23.8. The topological polar surface area (TPSA) is 32.3 Å². The molecule has 0 radical (unpaired) electrons. The molecule has 2 rings (SSSR count). The van der Waals surface area contributed by atoms with Crippen LogP contribution in [0, 0.1) is 11.8 Å². The summed E-state index contributed by atoms with van der Waals surface area (Å²) in [6.07, 6.45) is 0. The van der Waals surface area contributed by atoms with Gasteiger partial charge in [0.25, 0.3) is 5.91 Å². The quantitative estimate of drug-likeness (QED) is 0.849. The van der Waals surface area contributed by atoms with Gasteiger partial charge >= 0.3 is 0 Å². The van der Waals surface area contributed by atoms with E-state index in [-0.39, 0.29) is 5.91 Å². The minimum atomic E-state index is 0.145. The van der Waals surface area contributed by atoms with Gasteiger partial charge in [-0.15, -0.1) is 0 Å². The molecule has 1 aliphatic rings. The molecule has 0 aliphatic carbocycles. The molecule has 1 aliphatic heterocycles. The first-order chi connectivity index (χ1) is 8.13. The van der Waals surface area contributed by atoms with Crippen LogP contribution in [0.3, 0.4) is 0 Å². The molecule has 17 heavy (non-hydrogen) atoms. The number of rotatable bonds is 2. The predicted molar refractivity (Wildman–Crippen MR) is 70.2 cm³/mol. The number of para-hydroxylation sites is 1. The van der Waals surface area contributed by atoms with Gasteiger partial charge in [0.05, 0.1) is 5.56 Å². The van der Waals surface area contributed by atoms with Crippen molar-refractivity contribution >= 4 is 11.6 Å². The molecule has 1 heterocycles. The standard InChI is InChI=1S/C14H20N2O/c1-10-8-16(9-11(10)2)14(17)12-6-4-5-7-13(12)15-3/h4-7,10-11,15H,8-9H2,1-3H3. The molecule has 0 spiro atoms. The van der Waals surface area contributed by atoms with Crippen LogP contribution in [0.1, 0.15) is 24.2 Å². The number of hydrogen-bond acceptors (Lipinski definition) is 2. The summed E-state index contributed by atoms with van der Waals surface area (Å²) in [5.41, 5.74) is 1.68. The fraction of sp³-hybridized carbons (Fsp3) is 0.500. The number of hydrogen-bond donors (Lipinski definition) is 1. The van der Waals surface area contributed by atoms with Gasteiger partial charge in [0.1, 0.15) is 0 Å². The summed E-state index contributed by atoms with van der Waals surface area (Å²) < 4.78 is 0. The highest BCUT2D eigenvalue weighted by molar-refractivity contribution is 5.99. The Hall–Kier alpha value is -1.51. The van der Waals surface area contributed by atoms with Crippen LogP contribution in [0.15, 0.2) is 24.3 Å². The molecule has 1 saturated heterocycles. The molecule has 92 valence electrons. The van der Waals surface area contributed by atoms with Crippen molar-refractivity contribution < 1.29 is 4.79 Å². The molecule has 3 nitrogen and oxygen atoms in total. The predicted octanol–water partition coefficient (Wildman–Crippen LogP) is 2.46. The van der Waals surface area contributed by atoms with Crippen molar-refractivity contribution in [1.29, 1.82) is 0 Å². The number of carbonyl (C=O) groups excluding carboxylic acids is 1. The molecular formula is C14H20N2O. The van der Waals surface area contributed by atoms with Gasteiger partial charge in [-0.05, 0) is 24.0 Å². The van der Waals surface area contributed by atoms with Gasteiger partial charge in [-0.3, -0.25) is 4.79 Å². The Morgan fingerprint density at radius 2 is 1.82 bits per heavy atom. The van der Waals surface area contributed by atoms with Gasteiger partial charge in [-0.2, -0.15) is 0 Å². The maximum Gasteiger partial charge on any atom is 0.255 e. The fourth-order valence-corrected chi connectivity index (χ4v) is 2.35. The van der Waals surface area contributed by atoms with Crippen molar-refractivity contribution in [3.8, 4) is 0 Å². The van der Waals surface area contributed by atoms with Gasteiger partial charge < -0.3 is 10.2 Å². The van der Waals surface area contributed by atoms with Crippen molar-refractivity contribution in [2.45, 2.75) is 13.8 Å². The Bertz CT molecular complexity index is 406. The third kappa shape index (κ3) is 2.28.